The Morgan fingerprint density at radius 2 is 1.67 bits per heavy atom. The van der Waals surface area contributed by atoms with Gasteiger partial charge in [-0.05, 0) is 17.7 Å². The van der Waals surface area contributed by atoms with Crippen molar-refractivity contribution in [2.24, 2.45) is 0 Å². The fourth-order valence-electron chi connectivity index (χ4n) is 2.40. The molecule has 0 aliphatic carbocycles. The van der Waals surface area contributed by atoms with Crippen LogP contribution in [-0.2, 0) is 0 Å². The molecule has 0 saturated heterocycles. The minimum atomic E-state index is 0.573. The number of nitrogens with one attached hydrogen (secondary N) is 1. The number of aromatic nitrogens is 3. The van der Waals surface area contributed by atoms with Gasteiger partial charge in [-0.15, -0.1) is 11.3 Å². The number of thiazole rings is 1. The van der Waals surface area contributed by atoms with Gasteiger partial charge in [-0.1, -0.05) is 36.4 Å². The first kappa shape index (κ1) is 12.1. The Kier molecular flexibility index (Phi) is 2.72. The highest BCUT2D eigenvalue weighted by Gasteiger charge is 2.14. The zero-order valence-electron chi connectivity index (χ0n) is 11.1. The molecule has 4 rings (SSSR count). The summed E-state index contributed by atoms with van der Waals surface area (Å²) < 4.78 is 1.18. The smallest absolute Gasteiger partial charge is 0.126 e. The molecule has 4 nitrogen and oxygen atoms in total. The molecule has 3 N–H and O–H groups in total. The van der Waals surface area contributed by atoms with Gasteiger partial charge in [0, 0.05) is 11.1 Å². The predicted molar refractivity (Wildman–Crippen MR) is 87.1 cm³/mol. The van der Waals surface area contributed by atoms with E-state index in [2.05, 4.69) is 22.3 Å². The highest BCUT2D eigenvalue weighted by molar-refractivity contribution is 7.21. The molecule has 0 spiro atoms. The van der Waals surface area contributed by atoms with E-state index in [9.17, 15) is 0 Å². The number of hydrogen-bond donors (Lipinski definition) is 2. The molecule has 4 aromatic rings. The van der Waals surface area contributed by atoms with E-state index in [1.165, 1.54) is 4.70 Å². The summed E-state index contributed by atoms with van der Waals surface area (Å²) >= 11 is 1.69. The largest absolute Gasteiger partial charge is 0.384 e. The van der Waals surface area contributed by atoms with Crippen molar-refractivity contribution < 1.29 is 0 Å². The van der Waals surface area contributed by atoms with Crippen LogP contribution in [0.3, 0.4) is 0 Å². The number of fused-ring (bicyclic) bond motifs is 1. The second kappa shape index (κ2) is 4.71. The van der Waals surface area contributed by atoms with E-state index in [0.717, 1.165) is 27.2 Å². The lowest BCUT2D eigenvalue weighted by molar-refractivity contribution is 1.10. The van der Waals surface area contributed by atoms with Gasteiger partial charge in [0.2, 0.25) is 0 Å². The van der Waals surface area contributed by atoms with Gasteiger partial charge in [-0.3, -0.25) is 5.10 Å². The summed E-state index contributed by atoms with van der Waals surface area (Å²) in [6, 6.07) is 16.3. The maximum atomic E-state index is 5.96. The molecule has 102 valence electrons. The normalized spacial score (nSPS) is 11.0. The van der Waals surface area contributed by atoms with E-state index in [0.29, 0.717) is 5.82 Å². The Hall–Kier alpha value is -2.66. The lowest BCUT2D eigenvalue weighted by Gasteiger charge is -2.05. The first-order valence-corrected chi connectivity index (χ1v) is 7.39. The Morgan fingerprint density at radius 1 is 0.905 bits per heavy atom. The van der Waals surface area contributed by atoms with Crippen LogP contribution in [0.25, 0.3) is 31.9 Å². The molecule has 0 atom stereocenters. The fourth-order valence-corrected chi connectivity index (χ4v) is 3.41. The van der Waals surface area contributed by atoms with Crippen molar-refractivity contribution >= 4 is 27.4 Å². The summed E-state index contributed by atoms with van der Waals surface area (Å²) in [5.74, 6) is 0.573. The van der Waals surface area contributed by atoms with Gasteiger partial charge in [-0.25, -0.2) is 4.98 Å². The topological polar surface area (TPSA) is 67.6 Å². The summed E-state index contributed by atoms with van der Waals surface area (Å²) in [5.41, 5.74) is 10.0. The van der Waals surface area contributed by atoms with Gasteiger partial charge >= 0.3 is 0 Å². The third-order valence-electron chi connectivity index (χ3n) is 3.41. The van der Waals surface area contributed by atoms with Crippen molar-refractivity contribution in [3.63, 3.8) is 0 Å². The van der Waals surface area contributed by atoms with Crippen LogP contribution in [0.2, 0.25) is 0 Å². The third kappa shape index (κ3) is 1.98. The number of nitrogen functional groups attached to an aromatic ring is 1. The molecular formula is C16H12N4S. The molecule has 0 bridgehead atoms. The number of hydrogen-bond acceptors (Lipinski definition) is 4. The molecule has 0 aliphatic rings. The molecule has 0 amide bonds. The van der Waals surface area contributed by atoms with Gasteiger partial charge in [0.25, 0.3) is 0 Å². The van der Waals surface area contributed by atoms with Crippen LogP contribution in [0.15, 0.2) is 54.7 Å². The number of rotatable bonds is 2. The van der Waals surface area contributed by atoms with Crippen LogP contribution < -0.4 is 5.73 Å². The predicted octanol–water partition coefficient (Wildman–Crippen LogP) is 3.94. The van der Waals surface area contributed by atoms with E-state index >= 15 is 0 Å². The number of nitrogens with zero attached hydrogens (tertiary/aromatic N) is 2. The average Bonchev–Trinajstić information content (AvgIpc) is 3.13. The number of benzene rings is 2. The third-order valence-corrected chi connectivity index (χ3v) is 4.48. The van der Waals surface area contributed by atoms with E-state index < -0.39 is 0 Å². The molecule has 2 aromatic heterocycles. The zero-order chi connectivity index (χ0) is 14.2. The molecule has 2 aromatic carbocycles. The maximum absolute atomic E-state index is 5.96. The van der Waals surface area contributed by atoms with Crippen molar-refractivity contribution in [1.29, 1.82) is 0 Å². The Bertz CT molecular complexity index is 890. The molecule has 2 heterocycles. The minimum Gasteiger partial charge on any atom is -0.384 e. The van der Waals surface area contributed by atoms with Crippen LogP contribution in [0.4, 0.5) is 5.82 Å². The van der Waals surface area contributed by atoms with E-state index in [-0.39, 0.29) is 0 Å². The molecule has 0 aliphatic heterocycles. The highest BCUT2D eigenvalue weighted by Crippen LogP contribution is 2.37. The quantitative estimate of drug-likeness (QED) is 0.588. The number of nitrogens with two attached hydrogens (primary N) is 1. The van der Waals surface area contributed by atoms with Crippen LogP contribution in [0.5, 0.6) is 0 Å². The zero-order valence-corrected chi connectivity index (χ0v) is 11.9. The molecule has 0 unspecified atom stereocenters. The number of anilines is 1. The molecule has 0 fully saturated rings. The molecule has 5 heteroatoms. The first-order valence-electron chi connectivity index (χ1n) is 6.57. The number of H-pyrrole nitrogens is 1. The van der Waals surface area contributed by atoms with Gasteiger partial charge in [-0.2, -0.15) is 5.10 Å². The van der Waals surface area contributed by atoms with Gasteiger partial charge in [0.05, 0.1) is 16.4 Å². The average molecular weight is 292 g/mol. The van der Waals surface area contributed by atoms with E-state index in [1.54, 1.807) is 17.5 Å². The maximum Gasteiger partial charge on any atom is 0.126 e. The second-order valence-electron chi connectivity index (χ2n) is 4.73. The van der Waals surface area contributed by atoms with Crippen molar-refractivity contribution in [3.8, 4) is 21.7 Å². The Balaban J connectivity index is 1.95. The van der Waals surface area contributed by atoms with Crippen LogP contribution in [0, 0.1) is 0 Å². The van der Waals surface area contributed by atoms with Gasteiger partial charge in [0.15, 0.2) is 0 Å². The lowest BCUT2D eigenvalue weighted by Crippen LogP contribution is -1.89. The molecule has 21 heavy (non-hydrogen) atoms. The van der Waals surface area contributed by atoms with Crippen LogP contribution in [0.1, 0.15) is 0 Å². The SMILES string of the molecule is Nc1[nH]ncc1-c1ccccc1-c1nc2ccccc2s1. The lowest BCUT2D eigenvalue weighted by atomic mass is 10.0. The minimum absolute atomic E-state index is 0.573. The summed E-state index contributed by atoms with van der Waals surface area (Å²) in [4.78, 5) is 4.73. The number of para-hydroxylation sites is 1. The first-order chi connectivity index (χ1) is 10.3. The monoisotopic (exact) mass is 292 g/mol. The Labute approximate surface area is 125 Å². The van der Waals surface area contributed by atoms with E-state index in [1.807, 2.05) is 36.4 Å². The summed E-state index contributed by atoms with van der Waals surface area (Å²) in [5, 5.41) is 7.78. The molecule has 0 saturated carbocycles. The molecular weight excluding hydrogens is 280 g/mol. The fraction of sp³-hybridized carbons (Fsp3) is 0. The Morgan fingerprint density at radius 3 is 2.43 bits per heavy atom. The summed E-state index contributed by atoms with van der Waals surface area (Å²) in [7, 11) is 0. The van der Waals surface area contributed by atoms with Crippen LogP contribution in [-0.4, -0.2) is 15.2 Å². The van der Waals surface area contributed by atoms with Crippen LogP contribution >= 0.6 is 11.3 Å². The number of aromatic amines is 1. The van der Waals surface area contributed by atoms with Crippen molar-refractivity contribution in [2.75, 3.05) is 5.73 Å². The second-order valence-corrected chi connectivity index (χ2v) is 5.76. The van der Waals surface area contributed by atoms with Gasteiger partial charge in [0.1, 0.15) is 10.8 Å². The van der Waals surface area contributed by atoms with Gasteiger partial charge < -0.3 is 5.73 Å². The van der Waals surface area contributed by atoms with Crippen molar-refractivity contribution in [3.05, 3.63) is 54.7 Å². The summed E-state index contributed by atoms with van der Waals surface area (Å²) in [6.45, 7) is 0. The standard InChI is InChI=1S/C16H12N4S/c17-15-12(9-18-20-15)10-5-1-2-6-11(10)16-19-13-7-3-4-8-14(13)21-16/h1-9H,(H3,17,18,20). The summed E-state index contributed by atoms with van der Waals surface area (Å²) in [6.07, 6.45) is 1.75. The van der Waals surface area contributed by atoms with Crippen molar-refractivity contribution in [2.45, 2.75) is 0 Å². The highest BCUT2D eigenvalue weighted by atomic mass is 32.1. The van der Waals surface area contributed by atoms with E-state index in [4.69, 9.17) is 10.7 Å². The van der Waals surface area contributed by atoms with Crippen molar-refractivity contribution in [1.82, 2.24) is 15.2 Å². The molecule has 0 radical (unpaired) electrons.